The second kappa shape index (κ2) is 14.8. The summed E-state index contributed by atoms with van der Waals surface area (Å²) < 4.78 is 8.43. The van der Waals surface area contributed by atoms with E-state index in [0.717, 1.165) is 35.7 Å². The van der Waals surface area contributed by atoms with Gasteiger partial charge in [0.1, 0.15) is 0 Å². The van der Waals surface area contributed by atoms with Crippen molar-refractivity contribution in [3.63, 3.8) is 0 Å². The van der Waals surface area contributed by atoms with E-state index >= 15 is 0 Å². The second-order valence-corrected chi connectivity index (χ2v) is 15.6. The molecule has 0 unspecified atom stereocenters. The van der Waals surface area contributed by atoms with Crippen LogP contribution < -0.4 is 10.2 Å². The Labute approximate surface area is 243 Å². The van der Waals surface area contributed by atoms with Crippen molar-refractivity contribution < 1.29 is 18.3 Å². The zero-order valence-corrected chi connectivity index (χ0v) is 26.5. The maximum atomic E-state index is 6.04. The number of halogens is 3. The number of hydrogen-bond donors (Lipinski definition) is 1. The first-order valence-electron chi connectivity index (χ1n) is 11.8. The number of anilines is 2. The first-order valence-corrected chi connectivity index (χ1v) is 18.8. The Balaban J connectivity index is 0.000000213. The van der Waals surface area contributed by atoms with Gasteiger partial charge in [-0.2, -0.15) is 6.67 Å². The van der Waals surface area contributed by atoms with E-state index in [2.05, 4.69) is 65.1 Å². The minimum absolute atomic E-state index is 0.658. The molecule has 3 aromatic rings. The summed E-state index contributed by atoms with van der Waals surface area (Å²) in [7, 11) is 13.7. The Bertz CT molecular complexity index is 1210. The molecular formula is C28H34Cl3N3ORuS. The number of rotatable bonds is 7. The van der Waals surface area contributed by atoms with Gasteiger partial charge in [0.15, 0.2) is 0 Å². The fourth-order valence-electron chi connectivity index (χ4n) is 4.32. The Morgan fingerprint density at radius 1 is 1.05 bits per heavy atom. The summed E-state index contributed by atoms with van der Waals surface area (Å²) >= 11 is 5.93. The predicted octanol–water partition coefficient (Wildman–Crippen LogP) is 8.03. The number of aryl methyl sites for hydroxylation is 3. The monoisotopic (exact) mass is 667 g/mol. The summed E-state index contributed by atoms with van der Waals surface area (Å²) in [6, 6.07) is 18.2. The average molecular weight is 668 g/mol. The van der Waals surface area contributed by atoms with Gasteiger partial charge in [-0.1, -0.05) is 17.7 Å². The van der Waals surface area contributed by atoms with Crippen LogP contribution >= 0.6 is 42.9 Å². The quantitative estimate of drug-likeness (QED) is 0.0909. The molecule has 0 spiro atoms. The number of aliphatic hydroxyl groups is 1. The van der Waals surface area contributed by atoms with Gasteiger partial charge in [0.25, 0.3) is 0 Å². The third-order valence-electron chi connectivity index (χ3n) is 5.90. The van der Waals surface area contributed by atoms with Crippen molar-refractivity contribution in [2.45, 2.75) is 27.3 Å². The number of benzene rings is 3. The Kier molecular flexibility index (Phi) is 12.1. The second-order valence-electron chi connectivity index (χ2n) is 8.62. The van der Waals surface area contributed by atoms with Crippen LogP contribution in [0.1, 0.15) is 27.8 Å². The first kappa shape index (κ1) is 30.3. The van der Waals surface area contributed by atoms with Crippen molar-refractivity contribution in [3.05, 3.63) is 94.1 Å². The van der Waals surface area contributed by atoms with Crippen molar-refractivity contribution >= 4 is 58.9 Å². The van der Waals surface area contributed by atoms with Crippen LogP contribution in [0.15, 0.2) is 54.6 Å². The van der Waals surface area contributed by atoms with Crippen molar-refractivity contribution in [1.29, 1.82) is 0 Å². The first-order chi connectivity index (χ1) is 17.7. The summed E-state index contributed by atoms with van der Waals surface area (Å²) in [5, 5.41) is 4.06. The SMILES string of the molecule is CSN1[CH-]N(c2c(C)cc(C)cc2C)CC1.C[OH+]c1ccccc1NCc1ccc(Cl)cc1[CH]=[Ru]([Cl])[Cl]. The standard InChI is InChI=1S/C15H14ClNO.C13H19N2S.2ClH.Ru/c1-11-9-13(16)8-7-12(11)10-17-14-5-3-4-6-15(14)18-2;1-10-7-11(2)13(12(3)8-10)14-5-6-15(9-14)16-4;;;/h1,3-9,17H,10H2,2H3;7-9H,5-6H2,1-4H3;2*1H;/q;-1;;;+2/p-1. The molecule has 1 aliphatic rings. The number of ether oxygens (including phenoxy) is 1. The average Bonchev–Trinajstić information content (AvgIpc) is 3.32. The van der Waals surface area contributed by atoms with Crippen LogP contribution in [0.25, 0.3) is 0 Å². The molecule has 1 saturated heterocycles. The topological polar surface area (TPSA) is 31.3 Å². The van der Waals surface area contributed by atoms with E-state index in [1.54, 1.807) is 19.1 Å². The van der Waals surface area contributed by atoms with Crippen molar-refractivity contribution in [2.75, 3.05) is 36.7 Å². The van der Waals surface area contributed by atoms with E-state index in [0.29, 0.717) is 11.6 Å². The molecule has 0 aromatic heterocycles. The Morgan fingerprint density at radius 3 is 2.38 bits per heavy atom. The van der Waals surface area contributed by atoms with E-state index in [4.69, 9.17) is 31.0 Å². The van der Waals surface area contributed by atoms with Gasteiger partial charge in [0.05, 0.1) is 0 Å². The van der Waals surface area contributed by atoms with Crippen molar-refractivity contribution in [3.8, 4) is 5.75 Å². The summed E-state index contributed by atoms with van der Waals surface area (Å²) in [6.45, 7) is 11.6. The zero-order valence-electron chi connectivity index (χ0n) is 21.7. The van der Waals surface area contributed by atoms with Crippen LogP contribution in [0, 0.1) is 27.4 Å². The molecule has 1 heterocycles. The molecule has 0 amide bonds. The van der Waals surface area contributed by atoms with Gasteiger partial charge >= 0.3 is 143 Å². The van der Waals surface area contributed by atoms with Gasteiger partial charge in [-0.25, -0.2) is 0 Å². The van der Waals surface area contributed by atoms with Crippen molar-refractivity contribution in [2.24, 2.45) is 0 Å². The van der Waals surface area contributed by atoms with Gasteiger partial charge in [-0.3, -0.25) is 0 Å². The molecule has 0 atom stereocenters. The van der Waals surface area contributed by atoms with Crippen molar-refractivity contribution in [1.82, 2.24) is 4.31 Å². The Hall–Kier alpha value is -1.27. The van der Waals surface area contributed by atoms with E-state index in [1.165, 1.54) is 22.4 Å². The number of hydrogen-bond acceptors (Lipinski definition) is 4. The molecular weight excluding hydrogens is 634 g/mol. The van der Waals surface area contributed by atoms with Gasteiger partial charge in [0.2, 0.25) is 0 Å². The number of aromatic hydroxyl groups is 1. The molecule has 3 aromatic carbocycles. The fourth-order valence-corrected chi connectivity index (χ4v) is 6.84. The molecule has 1 aliphatic heterocycles. The van der Waals surface area contributed by atoms with E-state index in [9.17, 15) is 0 Å². The normalized spacial score (nSPS) is 13.6. The molecule has 9 heteroatoms. The van der Waals surface area contributed by atoms with E-state index in [1.807, 2.05) is 47.1 Å². The number of nitrogens with zero attached hydrogens (tertiary/aromatic N) is 2. The van der Waals surface area contributed by atoms with Crippen LogP contribution in [0.5, 0.6) is 5.75 Å². The molecule has 37 heavy (non-hydrogen) atoms. The third kappa shape index (κ3) is 8.88. The van der Waals surface area contributed by atoms with E-state index < -0.39 is 13.5 Å². The molecule has 4 rings (SSSR count). The summed E-state index contributed by atoms with van der Waals surface area (Å²) in [6.07, 6.45) is 2.12. The molecule has 0 aliphatic carbocycles. The number of para-hydroxylation sites is 2. The molecule has 0 saturated carbocycles. The van der Waals surface area contributed by atoms with Gasteiger partial charge < -0.3 is 9.21 Å². The van der Waals surface area contributed by atoms with Crippen LogP contribution in [0.4, 0.5) is 11.4 Å². The summed E-state index contributed by atoms with van der Waals surface area (Å²) in [4.78, 5) is 2.36. The van der Waals surface area contributed by atoms with E-state index in [-0.39, 0.29) is 0 Å². The molecule has 4 nitrogen and oxygen atoms in total. The molecule has 2 N–H and O–H groups in total. The van der Waals surface area contributed by atoms with Crippen LogP contribution in [-0.4, -0.2) is 40.1 Å². The van der Waals surface area contributed by atoms with Crippen LogP contribution in [0.2, 0.25) is 5.02 Å². The summed E-state index contributed by atoms with van der Waals surface area (Å²) in [5.41, 5.74) is 8.55. The number of nitrogens with one attached hydrogen (secondary N) is 1. The van der Waals surface area contributed by atoms with Gasteiger partial charge in [-0.05, 0) is 44.7 Å². The zero-order chi connectivity index (χ0) is 26.9. The Morgan fingerprint density at radius 2 is 1.76 bits per heavy atom. The molecule has 0 radical (unpaired) electrons. The third-order valence-corrected chi connectivity index (χ3v) is 8.71. The molecule has 1 fully saturated rings. The van der Waals surface area contributed by atoms with Crippen LogP contribution in [-0.2, 0) is 20.1 Å². The van der Waals surface area contributed by atoms with Crippen LogP contribution in [0.3, 0.4) is 0 Å². The fraction of sp³-hybridized carbons (Fsp3) is 0.286. The molecule has 202 valence electrons. The predicted molar refractivity (Wildman–Crippen MR) is 162 cm³/mol. The summed E-state index contributed by atoms with van der Waals surface area (Å²) in [5.74, 6) is 0.930. The van der Waals surface area contributed by atoms with Gasteiger partial charge in [0, 0.05) is 12.2 Å². The van der Waals surface area contributed by atoms with Gasteiger partial charge in [-0.15, -0.1) is 11.9 Å². The minimum atomic E-state index is -1.89. The maximum absolute atomic E-state index is 6.04. The molecule has 0 bridgehead atoms.